The zero-order valence-electron chi connectivity index (χ0n) is 19.3. The molecular formula is C26H32N4O3. The lowest BCUT2D eigenvalue weighted by Crippen LogP contribution is -2.57. The summed E-state index contributed by atoms with van der Waals surface area (Å²) in [5.74, 6) is 0.748. The first-order valence-corrected chi connectivity index (χ1v) is 11.6. The Balaban J connectivity index is 1.28. The van der Waals surface area contributed by atoms with Crippen LogP contribution in [0.3, 0.4) is 0 Å². The number of carbonyl (C=O) groups is 2. The van der Waals surface area contributed by atoms with Gasteiger partial charge in [0, 0.05) is 30.4 Å². The number of H-pyrrole nitrogens is 1. The molecule has 2 amide bonds. The molecule has 3 heterocycles. The van der Waals surface area contributed by atoms with Crippen LogP contribution in [0.1, 0.15) is 38.8 Å². The summed E-state index contributed by atoms with van der Waals surface area (Å²) in [4.78, 5) is 35.4. The Hall–Kier alpha value is -3.35. The highest BCUT2D eigenvalue weighted by Gasteiger charge is 2.34. The Morgan fingerprint density at radius 3 is 2.76 bits per heavy atom. The molecule has 0 radical (unpaired) electrons. The standard InChI is InChI=1S/C26H32N4O3/c1-26(2,29-23(31)18-33-22-8-4-3-5-9-22)25(32)30-15-6-7-19(13-16-30)17-21-11-10-20-12-14-27-24(20)28-21/h3-5,8-12,14,19H,6-7,13,15-18H2,1-2H3,(H,27,28)(H,29,31)/t19-/m0/s1. The van der Waals surface area contributed by atoms with Crippen molar-refractivity contribution in [2.45, 2.75) is 45.1 Å². The summed E-state index contributed by atoms with van der Waals surface area (Å²) >= 11 is 0. The zero-order chi connectivity index (χ0) is 23.3. The van der Waals surface area contributed by atoms with Crippen molar-refractivity contribution in [3.8, 4) is 5.75 Å². The molecule has 174 valence electrons. The largest absolute Gasteiger partial charge is 0.484 e. The number of pyridine rings is 1. The Morgan fingerprint density at radius 1 is 1.12 bits per heavy atom. The van der Waals surface area contributed by atoms with Crippen molar-refractivity contribution < 1.29 is 14.3 Å². The van der Waals surface area contributed by atoms with Gasteiger partial charge < -0.3 is 19.9 Å². The highest BCUT2D eigenvalue weighted by molar-refractivity contribution is 5.91. The van der Waals surface area contributed by atoms with Crippen LogP contribution in [-0.2, 0) is 16.0 Å². The fourth-order valence-electron chi connectivity index (χ4n) is 4.45. The van der Waals surface area contributed by atoms with E-state index < -0.39 is 5.54 Å². The lowest BCUT2D eigenvalue weighted by molar-refractivity contribution is -0.140. The first-order chi connectivity index (χ1) is 15.9. The number of ether oxygens (including phenoxy) is 1. The van der Waals surface area contributed by atoms with Gasteiger partial charge in [0.15, 0.2) is 6.61 Å². The van der Waals surface area contributed by atoms with Crippen molar-refractivity contribution >= 4 is 22.8 Å². The van der Waals surface area contributed by atoms with Crippen LogP contribution in [0.15, 0.2) is 54.7 Å². The molecule has 7 heteroatoms. The molecule has 0 saturated carbocycles. The lowest BCUT2D eigenvalue weighted by atomic mass is 9.95. The molecule has 1 aliphatic heterocycles. The van der Waals surface area contributed by atoms with Gasteiger partial charge in [0.05, 0.1) is 0 Å². The highest BCUT2D eigenvalue weighted by atomic mass is 16.5. The third-order valence-corrected chi connectivity index (χ3v) is 6.20. The minimum Gasteiger partial charge on any atom is -0.484 e. The third-order valence-electron chi connectivity index (χ3n) is 6.20. The normalized spacial score (nSPS) is 16.9. The molecular weight excluding hydrogens is 416 g/mol. The summed E-state index contributed by atoms with van der Waals surface area (Å²) in [7, 11) is 0. The molecule has 1 aromatic carbocycles. The third kappa shape index (κ3) is 5.92. The number of hydrogen-bond donors (Lipinski definition) is 2. The van der Waals surface area contributed by atoms with E-state index >= 15 is 0 Å². The lowest BCUT2D eigenvalue weighted by Gasteiger charge is -2.32. The second kappa shape index (κ2) is 10.1. The minimum atomic E-state index is -0.989. The van der Waals surface area contributed by atoms with Gasteiger partial charge in [-0.25, -0.2) is 4.98 Å². The number of fused-ring (bicyclic) bond motifs is 1. The van der Waals surface area contributed by atoms with Crippen molar-refractivity contribution in [2.24, 2.45) is 5.92 Å². The summed E-state index contributed by atoms with van der Waals surface area (Å²) in [6, 6.07) is 15.4. The van der Waals surface area contributed by atoms with E-state index in [-0.39, 0.29) is 18.4 Å². The molecule has 0 bridgehead atoms. The monoisotopic (exact) mass is 448 g/mol. The number of para-hydroxylation sites is 1. The van der Waals surface area contributed by atoms with Gasteiger partial charge in [-0.05, 0) is 75.8 Å². The molecule has 2 aromatic heterocycles. The second-order valence-corrected chi connectivity index (χ2v) is 9.29. The maximum absolute atomic E-state index is 13.2. The van der Waals surface area contributed by atoms with Gasteiger partial charge in [0.25, 0.3) is 5.91 Å². The average Bonchev–Trinajstić information content (AvgIpc) is 3.15. The van der Waals surface area contributed by atoms with Crippen LogP contribution in [-0.4, -0.2) is 51.9 Å². The maximum Gasteiger partial charge on any atom is 0.258 e. The maximum atomic E-state index is 13.2. The SMILES string of the molecule is CC(C)(NC(=O)COc1ccccc1)C(=O)N1CCC[C@H](Cc2ccc3cc[nH]c3n2)CC1. The number of likely N-dealkylation sites (tertiary alicyclic amines) is 1. The zero-order valence-corrected chi connectivity index (χ0v) is 19.3. The van der Waals surface area contributed by atoms with Crippen molar-refractivity contribution in [1.29, 1.82) is 0 Å². The van der Waals surface area contributed by atoms with Crippen LogP contribution >= 0.6 is 0 Å². The predicted molar refractivity (Wildman–Crippen MR) is 128 cm³/mol. The first-order valence-electron chi connectivity index (χ1n) is 11.6. The Morgan fingerprint density at radius 2 is 1.94 bits per heavy atom. The van der Waals surface area contributed by atoms with E-state index in [1.54, 1.807) is 26.0 Å². The molecule has 1 saturated heterocycles. The number of carbonyl (C=O) groups excluding carboxylic acids is 2. The van der Waals surface area contributed by atoms with Gasteiger partial charge in [0.1, 0.15) is 16.9 Å². The van der Waals surface area contributed by atoms with Crippen molar-refractivity contribution in [3.63, 3.8) is 0 Å². The summed E-state index contributed by atoms with van der Waals surface area (Å²) in [6.07, 6.45) is 5.75. The van der Waals surface area contributed by atoms with E-state index in [1.807, 2.05) is 35.4 Å². The molecule has 0 spiro atoms. The van der Waals surface area contributed by atoms with E-state index in [4.69, 9.17) is 9.72 Å². The number of nitrogens with one attached hydrogen (secondary N) is 2. The van der Waals surface area contributed by atoms with Crippen LogP contribution in [0.4, 0.5) is 0 Å². The molecule has 7 nitrogen and oxygen atoms in total. The predicted octanol–water partition coefficient (Wildman–Crippen LogP) is 3.71. The van der Waals surface area contributed by atoms with E-state index in [9.17, 15) is 9.59 Å². The van der Waals surface area contributed by atoms with Crippen LogP contribution < -0.4 is 10.1 Å². The number of nitrogens with zero attached hydrogens (tertiary/aromatic N) is 2. The fourth-order valence-corrected chi connectivity index (χ4v) is 4.45. The molecule has 3 aromatic rings. The Kier molecular flexibility index (Phi) is 6.96. The number of benzene rings is 1. The smallest absolute Gasteiger partial charge is 0.258 e. The quantitative estimate of drug-likeness (QED) is 0.577. The van der Waals surface area contributed by atoms with E-state index in [2.05, 4.69) is 22.4 Å². The fraction of sp³-hybridized carbons (Fsp3) is 0.423. The van der Waals surface area contributed by atoms with Gasteiger partial charge >= 0.3 is 0 Å². The number of rotatable bonds is 7. The summed E-state index contributed by atoms with van der Waals surface area (Å²) < 4.78 is 5.51. The van der Waals surface area contributed by atoms with E-state index in [0.717, 1.165) is 42.4 Å². The average molecular weight is 449 g/mol. The Bertz CT molecular complexity index is 1090. The number of aromatic amines is 1. The highest BCUT2D eigenvalue weighted by Crippen LogP contribution is 2.24. The number of hydrogen-bond acceptors (Lipinski definition) is 4. The number of amides is 2. The van der Waals surface area contributed by atoms with Crippen LogP contribution in [0.25, 0.3) is 11.0 Å². The molecule has 4 rings (SSSR count). The van der Waals surface area contributed by atoms with Gasteiger partial charge in [-0.2, -0.15) is 0 Å². The van der Waals surface area contributed by atoms with Crippen LogP contribution in [0.5, 0.6) is 5.75 Å². The molecule has 1 aliphatic rings. The van der Waals surface area contributed by atoms with Crippen LogP contribution in [0, 0.1) is 5.92 Å². The van der Waals surface area contributed by atoms with E-state index in [0.29, 0.717) is 24.8 Å². The molecule has 33 heavy (non-hydrogen) atoms. The molecule has 1 atom stereocenters. The van der Waals surface area contributed by atoms with Crippen LogP contribution in [0.2, 0.25) is 0 Å². The van der Waals surface area contributed by atoms with Crippen molar-refractivity contribution in [2.75, 3.05) is 19.7 Å². The Labute approximate surface area is 194 Å². The van der Waals surface area contributed by atoms with E-state index in [1.165, 1.54) is 0 Å². The van der Waals surface area contributed by atoms with Gasteiger partial charge in [-0.1, -0.05) is 18.2 Å². The number of aromatic nitrogens is 2. The van der Waals surface area contributed by atoms with Crippen molar-refractivity contribution in [3.05, 3.63) is 60.4 Å². The van der Waals surface area contributed by atoms with Crippen molar-refractivity contribution in [1.82, 2.24) is 20.2 Å². The molecule has 2 N–H and O–H groups in total. The van der Waals surface area contributed by atoms with Gasteiger partial charge in [-0.3, -0.25) is 9.59 Å². The van der Waals surface area contributed by atoms with Gasteiger partial charge in [-0.15, -0.1) is 0 Å². The first kappa shape index (κ1) is 22.8. The topological polar surface area (TPSA) is 87.3 Å². The second-order valence-electron chi connectivity index (χ2n) is 9.29. The molecule has 0 unspecified atom stereocenters. The summed E-state index contributed by atoms with van der Waals surface area (Å²) in [5.41, 5.74) is 1.02. The summed E-state index contributed by atoms with van der Waals surface area (Å²) in [6.45, 7) is 4.79. The summed E-state index contributed by atoms with van der Waals surface area (Å²) in [5, 5.41) is 3.96. The van der Waals surface area contributed by atoms with Gasteiger partial charge in [0.2, 0.25) is 5.91 Å². The molecule has 1 fully saturated rings. The minimum absolute atomic E-state index is 0.0536. The molecule has 0 aliphatic carbocycles.